The highest BCUT2D eigenvalue weighted by molar-refractivity contribution is 7.18. The Bertz CT molecular complexity index is 1100. The van der Waals surface area contributed by atoms with Gasteiger partial charge in [0.15, 0.2) is 0 Å². The van der Waals surface area contributed by atoms with Gasteiger partial charge in [0, 0.05) is 45.4 Å². The lowest BCUT2D eigenvalue weighted by Crippen LogP contribution is -2.38. The first-order chi connectivity index (χ1) is 15.0. The SMILES string of the molecule is CNC(=O)c1cc(Oc2ccc3nc(CCC4CCCN(C(C)=O)C4)sc3c2)ccn1. The van der Waals surface area contributed by atoms with E-state index in [0.29, 0.717) is 23.1 Å². The van der Waals surface area contributed by atoms with Gasteiger partial charge in [0.05, 0.1) is 15.2 Å². The topological polar surface area (TPSA) is 84.4 Å². The van der Waals surface area contributed by atoms with E-state index in [4.69, 9.17) is 9.72 Å². The number of carbonyl (C=O) groups excluding carboxylic acids is 2. The van der Waals surface area contributed by atoms with Gasteiger partial charge in [0.1, 0.15) is 17.2 Å². The molecule has 3 aromatic rings. The Kier molecular flexibility index (Phi) is 6.46. The van der Waals surface area contributed by atoms with E-state index in [1.807, 2.05) is 23.1 Å². The van der Waals surface area contributed by atoms with Gasteiger partial charge in [-0.1, -0.05) is 0 Å². The number of hydrogen-bond donors (Lipinski definition) is 1. The number of pyridine rings is 1. The first kappa shape index (κ1) is 21.2. The molecule has 162 valence electrons. The Morgan fingerprint density at radius 2 is 2.10 bits per heavy atom. The van der Waals surface area contributed by atoms with Gasteiger partial charge in [0.2, 0.25) is 5.91 Å². The molecular formula is C23H26N4O3S. The zero-order chi connectivity index (χ0) is 21.8. The van der Waals surface area contributed by atoms with Crippen LogP contribution in [0.3, 0.4) is 0 Å². The van der Waals surface area contributed by atoms with E-state index in [2.05, 4.69) is 10.3 Å². The van der Waals surface area contributed by atoms with Crippen molar-refractivity contribution in [1.82, 2.24) is 20.2 Å². The summed E-state index contributed by atoms with van der Waals surface area (Å²) in [4.78, 5) is 34.2. The molecule has 2 aromatic heterocycles. The van der Waals surface area contributed by atoms with Crippen LogP contribution in [-0.2, 0) is 11.2 Å². The summed E-state index contributed by atoms with van der Waals surface area (Å²) in [5.74, 6) is 1.72. The Morgan fingerprint density at radius 1 is 1.26 bits per heavy atom. The molecule has 7 nitrogen and oxygen atoms in total. The van der Waals surface area contributed by atoms with Crippen molar-refractivity contribution in [2.24, 2.45) is 5.92 Å². The average Bonchev–Trinajstić information content (AvgIpc) is 3.19. The van der Waals surface area contributed by atoms with E-state index >= 15 is 0 Å². The molecule has 1 aliphatic rings. The first-order valence-electron chi connectivity index (χ1n) is 10.5. The largest absolute Gasteiger partial charge is 0.457 e. The summed E-state index contributed by atoms with van der Waals surface area (Å²) in [6.07, 6.45) is 5.79. The molecule has 0 radical (unpaired) electrons. The summed E-state index contributed by atoms with van der Waals surface area (Å²) < 4.78 is 7.01. The normalized spacial score (nSPS) is 16.3. The standard InChI is InChI=1S/C23H26N4O3S/c1-15(28)27-11-3-4-16(14-27)5-8-22-26-19-7-6-17(13-21(19)31-22)30-18-9-10-25-20(12-18)23(29)24-2/h6-7,9-10,12-13,16H,3-5,8,11,14H2,1-2H3,(H,24,29). The molecule has 31 heavy (non-hydrogen) atoms. The van der Waals surface area contributed by atoms with Gasteiger partial charge in [-0.25, -0.2) is 4.98 Å². The van der Waals surface area contributed by atoms with Crippen LogP contribution in [0.2, 0.25) is 0 Å². The van der Waals surface area contributed by atoms with Gasteiger partial charge in [-0.05, 0) is 49.8 Å². The number of hydrogen-bond acceptors (Lipinski definition) is 6. The number of likely N-dealkylation sites (tertiary alicyclic amines) is 1. The van der Waals surface area contributed by atoms with Crippen LogP contribution in [0.25, 0.3) is 10.2 Å². The molecule has 1 saturated heterocycles. The number of nitrogens with zero attached hydrogens (tertiary/aromatic N) is 3. The van der Waals surface area contributed by atoms with Gasteiger partial charge >= 0.3 is 0 Å². The van der Waals surface area contributed by atoms with Crippen molar-refractivity contribution >= 4 is 33.4 Å². The summed E-state index contributed by atoms with van der Waals surface area (Å²) in [7, 11) is 1.57. The van der Waals surface area contributed by atoms with E-state index < -0.39 is 0 Å². The van der Waals surface area contributed by atoms with Gasteiger partial charge in [0.25, 0.3) is 5.91 Å². The molecule has 0 spiro atoms. The molecule has 3 heterocycles. The maximum atomic E-state index is 11.8. The van der Waals surface area contributed by atoms with Crippen LogP contribution in [0, 0.1) is 5.92 Å². The molecule has 0 aliphatic carbocycles. The maximum Gasteiger partial charge on any atom is 0.269 e. The minimum Gasteiger partial charge on any atom is -0.457 e. The zero-order valence-electron chi connectivity index (χ0n) is 17.8. The van der Waals surface area contributed by atoms with Gasteiger partial charge in [-0.2, -0.15) is 0 Å². The Labute approximate surface area is 185 Å². The van der Waals surface area contributed by atoms with E-state index in [-0.39, 0.29) is 11.8 Å². The van der Waals surface area contributed by atoms with Crippen molar-refractivity contribution in [3.63, 3.8) is 0 Å². The maximum absolute atomic E-state index is 11.8. The van der Waals surface area contributed by atoms with Crippen LogP contribution in [-0.4, -0.2) is 46.8 Å². The highest BCUT2D eigenvalue weighted by Gasteiger charge is 2.21. The second-order valence-corrected chi connectivity index (χ2v) is 8.92. The zero-order valence-corrected chi connectivity index (χ0v) is 18.6. The smallest absolute Gasteiger partial charge is 0.269 e. The molecule has 0 bridgehead atoms. The number of thiazole rings is 1. The second-order valence-electron chi connectivity index (χ2n) is 7.81. The summed E-state index contributed by atoms with van der Waals surface area (Å²) in [6, 6.07) is 9.18. The molecule has 1 N–H and O–H groups in total. The third-order valence-corrected chi connectivity index (χ3v) is 6.64. The van der Waals surface area contributed by atoms with Crippen LogP contribution >= 0.6 is 11.3 Å². The number of amides is 2. The van der Waals surface area contributed by atoms with Crippen LogP contribution in [0.4, 0.5) is 0 Å². The van der Waals surface area contributed by atoms with Crippen molar-refractivity contribution in [1.29, 1.82) is 0 Å². The molecule has 1 fully saturated rings. The van der Waals surface area contributed by atoms with Gasteiger partial charge in [-0.15, -0.1) is 11.3 Å². The third-order valence-electron chi connectivity index (χ3n) is 5.56. The molecule has 8 heteroatoms. The Morgan fingerprint density at radius 3 is 2.90 bits per heavy atom. The van der Waals surface area contributed by atoms with E-state index in [9.17, 15) is 9.59 Å². The monoisotopic (exact) mass is 438 g/mol. The van der Waals surface area contributed by atoms with E-state index in [1.165, 1.54) is 6.42 Å². The lowest BCUT2D eigenvalue weighted by molar-refractivity contribution is -0.130. The van der Waals surface area contributed by atoms with Crippen LogP contribution in [0.5, 0.6) is 11.5 Å². The Hall–Kier alpha value is -3.00. The summed E-state index contributed by atoms with van der Waals surface area (Å²) in [5.41, 5.74) is 1.27. The number of ether oxygens (including phenoxy) is 1. The van der Waals surface area contributed by atoms with Crippen molar-refractivity contribution in [2.45, 2.75) is 32.6 Å². The fourth-order valence-corrected chi connectivity index (χ4v) is 4.91. The third kappa shape index (κ3) is 5.19. The van der Waals surface area contributed by atoms with Crippen LogP contribution in [0.1, 0.15) is 41.7 Å². The minimum absolute atomic E-state index is 0.175. The summed E-state index contributed by atoms with van der Waals surface area (Å²) in [6.45, 7) is 3.40. The predicted octanol–water partition coefficient (Wildman–Crippen LogP) is 4.03. The predicted molar refractivity (Wildman–Crippen MR) is 121 cm³/mol. The van der Waals surface area contributed by atoms with Crippen molar-refractivity contribution in [2.75, 3.05) is 20.1 Å². The first-order valence-corrected chi connectivity index (χ1v) is 11.3. The number of carbonyl (C=O) groups is 2. The second kappa shape index (κ2) is 9.43. The Balaban J connectivity index is 1.41. The van der Waals surface area contributed by atoms with Crippen molar-refractivity contribution in [3.05, 3.63) is 47.2 Å². The molecule has 1 aromatic carbocycles. The molecule has 1 unspecified atom stereocenters. The summed E-state index contributed by atoms with van der Waals surface area (Å²) >= 11 is 1.68. The number of piperidine rings is 1. The fraction of sp³-hybridized carbons (Fsp3) is 0.391. The lowest BCUT2D eigenvalue weighted by Gasteiger charge is -2.31. The molecule has 4 rings (SSSR count). The van der Waals surface area contributed by atoms with Gasteiger partial charge in [-0.3, -0.25) is 14.6 Å². The number of aromatic nitrogens is 2. The number of benzene rings is 1. The lowest BCUT2D eigenvalue weighted by atomic mass is 9.93. The van der Waals surface area contributed by atoms with E-state index in [0.717, 1.165) is 47.6 Å². The molecule has 0 saturated carbocycles. The number of fused-ring (bicyclic) bond motifs is 1. The van der Waals surface area contributed by atoms with Crippen molar-refractivity contribution in [3.8, 4) is 11.5 Å². The number of nitrogens with one attached hydrogen (secondary N) is 1. The quantitative estimate of drug-likeness (QED) is 0.628. The van der Waals surface area contributed by atoms with E-state index in [1.54, 1.807) is 43.6 Å². The fourth-order valence-electron chi connectivity index (χ4n) is 3.90. The molecule has 1 aliphatic heterocycles. The minimum atomic E-state index is -0.252. The number of rotatable bonds is 6. The summed E-state index contributed by atoms with van der Waals surface area (Å²) in [5, 5.41) is 3.67. The molecule has 1 atom stereocenters. The van der Waals surface area contributed by atoms with Crippen LogP contribution in [0.15, 0.2) is 36.5 Å². The average molecular weight is 439 g/mol. The number of aryl methyl sites for hydroxylation is 1. The van der Waals surface area contributed by atoms with Crippen LogP contribution < -0.4 is 10.1 Å². The van der Waals surface area contributed by atoms with Gasteiger partial charge < -0.3 is 15.0 Å². The van der Waals surface area contributed by atoms with Crippen molar-refractivity contribution < 1.29 is 14.3 Å². The molecule has 2 amide bonds. The highest BCUT2D eigenvalue weighted by Crippen LogP contribution is 2.31. The molecular weight excluding hydrogens is 412 g/mol. The highest BCUT2D eigenvalue weighted by atomic mass is 32.1.